The molecule has 0 aliphatic heterocycles. The summed E-state index contributed by atoms with van der Waals surface area (Å²) in [6.07, 6.45) is 2.26. The average molecular weight is 236 g/mol. The fourth-order valence-corrected chi connectivity index (χ4v) is 1.62. The van der Waals surface area contributed by atoms with Crippen LogP contribution in [0.15, 0.2) is 6.33 Å². The monoisotopic (exact) mass is 236 g/mol. The lowest BCUT2D eigenvalue weighted by atomic mass is 10.2. The molecule has 0 aliphatic carbocycles. The van der Waals surface area contributed by atoms with Crippen LogP contribution in [0.25, 0.3) is 0 Å². The highest BCUT2D eigenvalue weighted by Crippen LogP contribution is 2.20. The largest absolute Gasteiger partial charge is 0.351 e. The van der Waals surface area contributed by atoms with Gasteiger partial charge in [0.05, 0.1) is 18.2 Å². The summed E-state index contributed by atoms with van der Waals surface area (Å²) in [5, 5.41) is 8.61. The highest BCUT2D eigenvalue weighted by molar-refractivity contribution is 5.42. The van der Waals surface area contributed by atoms with Crippen molar-refractivity contribution in [2.24, 2.45) is 0 Å². The summed E-state index contributed by atoms with van der Waals surface area (Å²) >= 11 is 0. The van der Waals surface area contributed by atoms with Crippen LogP contribution in [0, 0.1) is 17.1 Å². The Labute approximate surface area is 101 Å². The third kappa shape index (κ3) is 3.13. The molecule has 1 aromatic rings. The second-order valence-electron chi connectivity index (χ2n) is 4.01. The van der Waals surface area contributed by atoms with Crippen LogP contribution in [-0.4, -0.2) is 22.6 Å². The first-order valence-electron chi connectivity index (χ1n) is 5.74. The SMILES string of the molecule is CCc1ncnc(N(CCC#N)C(C)C)c1F. The Morgan fingerprint density at radius 2 is 2.18 bits per heavy atom. The van der Waals surface area contributed by atoms with Gasteiger partial charge in [-0.05, 0) is 20.3 Å². The third-order valence-electron chi connectivity index (χ3n) is 2.54. The van der Waals surface area contributed by atoms with Crippen molar-refractivity contribution in [2.45, 2.75) is 39.7 Å². The van der Waals surface area contributed by atoms with Crippen molar-refractivity contribution in [2.75, 3.05) is 11.4 Å². The van der Waals surface area contributed by atoms with Crippen molar-refractivity contribution in [1.29, 1.82) is 5.26 Å². The molecule has 5 heteroatoms. The van der Waals surface area contributed by atoms with E-state index in [1.54, 1.807) is 4.90 Å². The van der Waals surface area contributed by atoms with Crippen molar-refractivity contribution < 1.29 is 4.39 Å². The Morgan fingerprint density at radius 1 is 1.47 bits per heavy atom. The molecule has 0 amide bonds. The van der Waals surface area contributed by atoms with Crippen LogP contribution in [0.4, 0.5) is 10.2 Å². The van der Waals surface area contributed by atoms with Crippen LogP contribution in [0.3, 0.4) is 0 Å². The fourth-order valence-electron chi connectivity index (χ4n) is 1.62. The predicted octanol–water partition coefficient (Wildman–Crippen LogP) is 2.31. The Kier molecular flexibility index (Phi) is 4.83. The van der Waals surface area contributed by atoms with E-state index in [0.717, 1.165) is 0 Å². The molecule has 92 valence electrons. The molecule has 0 fully saturated rings. The van der Waals surface area contributed by atoms with Gasteiger partial charge in [-0.2, -0.15) is 5.26 Å². The molecule has 0 saturated heterocycles. The van der Waals surface area contributed by atoms with Gasteiger partial charge >= 0.3 is 0 Å². The molecule has 0 N–H and O–H groups in total. The predicted molar refractivity (Wildman–Crippen MR) is 64.1 cm³/mol. The minimum absolute atomic E-state index is 0.0949. The van der Waals surface area contributed by atoms with Crippen LogP contribution < -0.4 is 4.90 Å². The molecular weight excluding hydrogens is 219 g/mol. The summed E-state index contributed by atoms with van der Waals surface area (Å²) in [5.41, 5.74) is 0.414. The zero-order chi connectivity index (χ0) is 12.8. The molecule has 1 aromatic heterocycles. The van der Waals surface area contributed by atoms with Gasteiger partial charge in [-0.1, -0.05) is 6.92 Å². The molecule has 0 unspecified atom stereocenters. The highest BCUT2D eigenvalue weighted by Gasteiger charge is 2.18. The van der Waals surface area contributed by atoms with Crippen molar-refractivity contribution in [3.63, 3.8) is 0 Å². The smallest absolute Gasteiger partial charge is 0.187 e. The molecule has 17 heavy (non-hydrogen) atoms. The van der Waals surface area contributed by atoms with Gasteiger partial charge in [0.2, 0.25) is 0 Å². The number of nitriles is 1. The zero-order valence-electron chi connectivity index (χ0n) is 10.4. The quantitative estimate of drug-likeness (QED) is 0.787. The number of hydrogen-bond donors (Lipinski definition) is 0. The van der Waals surface area contributed by atoms with E-state index in [1.165, 1.54) is 6.33 Å². The number of anilines is 1. The van der Waals surface area contributed by atoms with E-state index in [0.29, 0.717) is 30.9 Å². The van der Waals surface area contributed by atoms with Crippen LogP contribution in [0.2, 0.25) is 0 Å². The second-order valence-corrected chi connectivity index (χ2v) is 4.01. The van der Waals surface area contributed by atoms with Crippen LogP contribution in [0.1, 0.15) is 32.9 Å². The summed E-state index contributed by atoms with van der Waals surface area (Å²) in [6, 6.07) is 2.16. The summed E-state index contributed by atoms with van der Waals surface area (Å²) in [6.45, 7) is 6.23. The minimum atomic E-state index is -0.373. The third-order valence-corrected chi connectivity index (χ3v) is 2.54. The van der Waals surface area contributed by atoms with E-state index in [4.69, 9.17) is 5.26 Å². The molecule has 1 rings (SSSR count). The maximum Gasteiger partial charge on any atom is 0.187 e. The van der Waals surface area contributed by atoms with Gasteiger partial charge in [-0.3, -0.25) is 0 Å². The van der Waals surface area contributed by atoms with Crippen LogP contribution in [-0.2, 0) is 6.42 Å². The number of hydrogen-bond acceptors (Lipinski definition) is 4. The number of nitrogens with zero attached hydrogens (tertiary/aromatic N) is 4. The van der Waals surface area contributed by atoms with E-state index < -0.39 is 0 Å². The number of rotatable bonds is 5. The van der Waals surface area contributed by atoms with Gasteiger partial charge in [0.15, 0.2) is 11.6 Å². The zero-order valence-corrected chi connectivity index (χ0v) is 10.4. The van der Waals surface area contributed by atoms with Crippen molar-refractivity contribution in [1.82, 2.24) is 9.97 Å². The van der Waals surface area contributed by atoms with E-state index in [2.05, 4.69) is 16.0 Å². The Balaban J connectivity index is 3.06. The topological polar surface area (TPSA) is 52.8 Å². The maximum atomic E-state index is 14.1. The fraction of sp³-hybridized carbons (Fsp3) is 0.583. The van der Waals surface area contributed by atoms with Crippen LogP contribution >= 0.6 is 0 Å². The first kappa shape index (κ1) is 13.4. The van der Waals surface area contributed by atoms with Crippen molar-refractivity contribution in [3.8, 4) is 6.07 Å². The molecule has 0 saturated carbocycles. The Hall–Kier alpha value is -1.70. The Morgan fingerprint density at radius 3 is 2.71 bits per heavy atom. The van der Waals surface area contributed by atoms with Gasteiger partial charge in [0, 0.05) is 12.6 Å². The molecule has 0 aliphatic rings. The molecule has 0 bridgehead atoms. The molecule has 1 heterocycles. The highest BCUT2D eigenvalue weighted by atomic mass is 19.1. The summed E-state index contributed by atoms with van der Waals surface area (Å²) in [7, 11) is 0. The lowest BCUT2D eigenvalue weighted by Gasteiger charge is -2.27. The van der Waals surface area contributed by atoms with E-state index in [9.17, 15) is 4.39 Å². The van der Waals surface area contributed by atoms with Gasteiger partial charge in [-0.15, -0.1) is 0 Å². The van der Waals surface area contributed by atoms with E-state index in [1.807, 2.05) is 20.8 Å². The maximum absolute atomic E-state index is 14.1. The average Bonchev–Trinajstić information content (AvgIpc) is 2.31. The summed E-state index contributed by atoms with van der Waals surface area (Å²) < 4.78 is 14.1. The lowest BCUT2D eigenvalue weighted by Crippen LogP contribution is -2.33. The van der Waals surface area contributed by atoms with Gasteiger partial charge in [-0.25, -0.2) is 14.4 Å². The first-order chi connectivity index (χ1) is 8.11. The summed E-state index contributed by atoms with van der Waals surface area (Å²) in [4.78, 5) is 9.68. The first-order valence-corrected chi connectivity index (χ1v) is 5.74. The normalized spacial score (nSPS) is 10.4. The molecular formula is C12H17FN4. The van der Waals surface area contributed by atoms with Crippen molar-refractivity contribution in [3.05, 3.63) is 17.8 Å². The van der Waals surface area contributed by atoms with Crippen LogP contribution in [0.5, 0.6) is 0 Å². The molecule has 0 atom stereocenters. The number of aryl methyl sites for hydroxylation is 1. The molecule has 0 aromatic carbocycles. The number of halogens is 1. The van der Waals surface area contributed by atoms with Gasteiger partial charge in [0.25, 0.3) is 0 Å². The molecule has 4 nitrogen and oxygen atoms in total. The van der Waals surface area contributed by atoms with E-state index in [-0.39, 0.29) is 11.9 Å². The second kappa shape index (κ2) is 6.14. The molecule has 0 radical (unpaired) electrons. The molecule has 0 spiro atoms. The van der Waals surface area contributed by atoms with E-state index >= 15 is 0 Å². The van der Waals surface area contributed by atoms with Crippen molar-refractivity contribution >= 4 is 5.82 Å². The van der Waals surface area contributed by atoms with Gasteiger partial charge in [0.1, 0.15) is 6.33 Å². The standard InChI is InChI=1S/C12H17FN4/c1-4-10-11(13)12(16-8-15-10)17(9(2)3)7-5-6-14/h8-9H,4-5,7H2,1-3H3. The number of aromatic nitrogens is 2. The minimum Gasteiger partial charge on any atom is -0.351 e. The van der Waals surface area contributed by atoms with Gasteiger partial charge < -0.3 is 4.90 Å². The Bertz CT molecular complexity index is 411. The summed E-state index contributed by atoms with van der Waals surface area (Å²) in [5.74, 6) is -0.0799. The lowest BCUT2D eigenvalue weighted by molar-refractivity contribution is 0.569.